The molecule has 35 heavy (non-hydrogen) atoms. The maximum Gasteiger partial charge on any atom is 0.459 e. The van der Waals surface area contributed by atoms with Gasteiger partial charge < -0.3 is 4.90 Å². The van der Waals surface area contributed by atoms with Crippen LogP contribution in [0.25, 0.3) is 16.9 Å². The fourth-order valence-corrected chi connectivity index (χ4v) is 3.51. The second-order valence-corrected chi connectivity index (χ2v) is 7.70. The molecule has 0 aliphatic rings. The summed E-state index contributed by atoms with van der Waals surface area (Å²) in [7, 11) is 1.43. The van der Waals surface area contributed by atoms with Crippen LogP contribution in [0, 0.1) is 5.82 Å². The van der Waals surface area contributed by atoms with Crippen LogP contribution in [-0.2, 0) is 19.0 Å². The summed E-state index contributed by atoms with van der Waals surface area (Å²) in [5.41, 5.74) is -1.78. The Hall–Kier alpha value is -3.90. The molecule has 0 radical (unpaired) electrons. The van der Waals surface area contributed by atoms with Crippen molar-refractivity contribution < 1.29 is 31.1 Å². The van der Waals surface area contributed by atoms with Gasteiger partial charge in [-0.25, -0.2) is 13.9 Å². The van der Waals surface area contributed by atoms with Crippen molar-refractivity contribution in [3.8, 4) is 11.3 Å². The summed E-state index contributed by atoms with van der Waals surface area (Å²) in [5.74, 6) is -6.65. The van der Waals surface area contributed by atoms with E-state index < -0.39 is 35.2 Å². The molecule has 3 aromatic heterocycles. The van der Waals surface area contributed by atoms with Crippen LogP contribution in [0.4, 0.5) is 26.3 Å². The minimum atomic E-state index is -5.94. The van der Waals surface area contributed by atoms with Crippen LogP contribution >= 0.6 is 0 Å². The van der Waals surface area contributed by atoms with Gasteiger partial charge in [0.1, 0.15) is 11.5 Å². The van der Waals surface area contributed by atoms with Gasteiger partial charge in [-0.05, 0) is 43.3 Å². The minimum absolute atomic E-state index is 0.0976. The van der Waals surface area contributed by atoms with E-state index in [0.29, 0.717) is 22.8 Å². The average molecular weight is 496 g/mol. The monoisotopic (exact) mass is 496 g/mol. The quantitative estimate of drug-likeness (QED) is 0.364. The van der Waals surface area contributed by atoms with Gasteiger partial charge in [0, 0.05) is 31.4 Å². The molecule has 0 bridgehead atoms. The largest absolute Gasteiger partial charge is 0.459 e. The Morgan fingerprint density at radius 1 is 1.06 bits per heavy atom. The molecule has 0 unspecified atom stereocenters. The van der Waals surface area contributed by atoms with Crippen LogP contribution in [-0.4, -0.2) is 48.4 Å². The Bertz CT molecular complexity index is 1380. The van der Waals surface area contributed by atoms with E-state index in [1.807, 2.05) is 6.92 Å². The van der Waals surface area contributed by atoms with E-state index >= 15 is 0 Å². The number of hydrogen-bond donors (Lipinski definition) is 0. The highest BCUT2D eigenvalue weighted by Crippen LogP contribution is 2.44. The number of aromatic nitrogens is 5. The third-order valence-electron chi connectivity index (χ3n) is 5.31. The van der Waals surface area contributed by atoms with E-state index in [1.165, 1.54) is 24.1 Å². The Balaban J connectivity index is 1.80. The number of hydrogen-bond acceptors (Lipinski definition) is 4. The van der Waals surface area contributed by atoms with Crippen molar-refractivity contribution in [3.63, 3.8) is 0 Å². The number of aryl methyl sites for hydroxylation is 1. The number of benzene rings is 1. The molecule has 3 heterocycles. The zero-order chi connectivity index (χ0) is 25.5. The van der Waals surface area contributed by atoms with E-state index in [1.54, 1.807) is 16.9 Å². The molecule has 13 heteroatoms. The molecule has 184 valence electrons. The number of carbonyl (C=O) groups is 1. The lowest BCUT2D eigenvalue weighted by atomic mass is 10.1. The van der Waals surface area contributed by atoms with Crippen molar-refractivity contribution >= 4 is 11.6 Å². The summed E-state index contributed by atoms with van der Waals surface area (Å²) >= 11 is 0. The van der Waals surface area contributed by atoms with Crippen molar-refractivity contribution in [1.82, 2.24) is 29.3 Å². The van der Waals surface area contributed by atoms with Gasteiger partial charge in [-0.1, -0.05) is 0 Å². The zero-order valence-electron chi connectivity index (χ0n) is 18.4. The molecule has 0 aliphatic heterocycles. The molecule has 0 saturated carbocycles. The Labute approximate surface area is 194 Å². The molecule has 0 aliphatic carbocycles. The van der Waals surface area contributed by atoms with Gasteiger partial charge in [0.15, 0.2) is 11.3 Å². The van der Waals surface area contributed by atoms with Crippen LogP contribution in [0.5, 0.6) is 0 Å². The Kier molecular flexibility index (Phi) is 6.03. The molecular formula is C22H18F6N6O. The fourth-order valence-electron chi connectivity index (χ4n) is 3.51. The van der Waals surface area contributed by atoms with E-state index in [0.717, 1.165) is 18.2 Å². The molecule has 1 aromatic carbocycles. The van der Waals surface area contributed by atoms with Gasteiger partial charge in [0.25, 0.3) is 5.91 Å². The van der Waals surface area contributed by atoms with E-state index in [4.69, 9.17) is 0 Å². The van der Waals surface area contributed by atoms with Gasteiger partial charge in [0.05, 0.1) is 17.9 Å². The summed E-state index contributed by atoms with van der Waals surface area (Å²) < 4.78 is 84.0. The molecule has 0 N–H and O–H groups in total. The maximum atomic E-state index is 14.5. The molecule has 0 atom stereocenters. The molecule has 1 amide bonds. The number of carbonyl (C=O) groups excluding carboxylic acids is 1. The highest BCUT2D eigenvalue weighted by Gasteiger charge is 2.60. The molecule has 0 fully saturated rings. The maximum absolute atomic E-state index is 14.5. The van der Waals surface area contributed by atoms with Crippen LogP contribution in [0.3, 0.4) is 0 Å². The first kappa shape index (κ1) is 24.2. The van der Waals surface area contributed by atoms with Gasteiger partial charge in [-0.3, -0.25) is 9.48 Å². The van der Waals surface area contributed by atoms with Gasteiger partial charge in [-0.2, -0.15) is 32.1 Å². The number of amides is 1. The highest BCUT2D eigenvalue weighted by molar-refractivity contribution is 5.93. The first-order valence-electron chi connectivity index (χ1n) is 10.3. The third-order valence-corrected chi connectivity index (χ3v) is 5.31. The van der Waals surface area contributed by atoms with E-state index in [-0.39, 0.29) is 23.5 Å². The first-order valence-corrected chi connectivity index (χ1v) is 10.3. The summed E-state index contributed by atoms with van der Waals surface area (Å²) in [6, 6.07) is 7.66. The lowest BCUT2D eigenvalue weighted by Gasteiger charge is -2.21. The molecular weight excluding hydrogens is 478 g/mol. The number of nitrogens with zero attached hydrogens (tertiary/aromatic N) is 6. The second-order valence-electron chi connectivity index (χ2n) is 7.70. The topological polar surface area (TPSA) is 68.3 Å². The summed E-state index contributed by atoms with van der Waals surface area (Å²) in [6.07, 6.45) is -4.39. The van der Waals surface area contributed by atoms with E-state index in [9.17, 15) is 31.1 Å². The average Bonchev–Trinajstić information content (AvgIpc) is 3.43. The van der Waals surface area contributed by atoms with Crippen molar-refractivity contribution in [2.45, 2.75) is 32.1 Å². The van der Waals surface area contributed by atoms with Crippen LogP contribution < -0.4 is 0 Å². The lowest BCUT2D eigenvalue weighted by Crippen LogP contribution is -2.36. The summed E-state index contributed by atoms with van der Waals surface area (Å²) in [6.45, 7) is 2.50. The van der Waals surface area contributed by atoms with Gasteiger partial charge >= 0.3 is 12.1 Å². The zero-order valence-corrected chi connectivity index (χ0v) is 18.4. The molecule has 0 spiro atoms. The first-order chi connectivity index (χ1) is 16.4. The molecule has 4 aromatic rings. The van der Waals surface area contributed by atoms with Crippen molar-refractivity contribution in [2.24, 2.45) is 0 Å². The SMILES string of the molecule is CCn1nccc1CN(C)C(=O)c1cc2nc(-c3ccc(F)cc3)cc(C(F)(F)C(F)(F)F)n2n1. The Morgan fingerprint density at radius 3 is 2.37 bits per heavy atom. The van der Waals surface area contributed by atoms with Crippen LogP contribution in [0.1, 0.15) is 28.8 Å². The van der Waals surface area contributed by atoms with Gasteiger partial charge in [0.2, 0.25) is 0 Å². The second kappa shape index (κ2) is 8.71. The predicted molar refractivity (Wildman–Crippen MR) is 112 cm³/mol. The standard InChI is InChI=1S/C22H18F6N6O/c1-3-33-15(8-9-29-33)12-32(2)20(35)17-11-19-30-16(13-4-6-14(23)7-5-13)10-18(34(19)31-17)21(24,25)22(26,27)28/h4-11H,3,12H2,1-2H3. The lowest BCUT2D eigenvalue weighted by molar-refractivity contribution is -0.291. The number of fused-ring (bicyclic) bond motifs is 1. The molecule has 4 rings (SSSR count). The van der Waals surface area contributed by atoms with Crippen LogP contribution in [0.15, 0.2) is 48.7 Å². The smallest absolute Gasteiger partial charge is 0.334 e. The van der Waals surface area contributed by atoms with Crippen molar-refractivity contribution in [2.75, 3.05) is 7.05 Å². The van der Waals surface area contributed by atoms with Gasteiger partial charge in [-0.15, -0.1) is 0 Å². The molecule has 0 saturated heterocycles. The minimum Gasteiger partial charge on any atom is -0.334 e. The van der Waals surface area contributed by atoms with Crippen molar-refractivity contribution in [3.05, 3.63) is 71.6 Å². The summed E-state index contributed by atoms with van der Waals surface area (Å²) in [5, 5.41) is 7.83. The summed E-state index contributed by atoms with van der Waals surface area (Å²) in [4.78, 5) is 18.3. The Morgan fingerprint density at radius 2 is 1.74 bits per heavy atom. The molecule has 7 nitrogen and oxygen atoms in total. The van der Waals surface area contributed by atoms with E-state index in [2.05, 4.69) is 15.2 Å². The van der Waals surface area contributed by atoms with Crippen LogP contribution in [0.2, 0.25) is 0 Å². The number of alkyl halides is 5. The number of halogens is 6. The highest BCUT2D eigenvalue weighted by atomic mass is 19.4. The normalized spacial score (nSPS) is 12.3. The number of rotatable bonds is 6. The predicted octanol–water partition coefficient (Wildman–Crippen LogP) is 4.68. The third kappa shape index (κ3) is 4.45. The van der Waals surface area contributed by atoms with Crippen molar-refractivity contribution in [1.29, 1.82) is 0 Å². The fraction of sp³-hybridized carbons (Fsp3) is 0.273.